The molecule has 37 heavy (non-hydrogen) atoms. The maximum Gasteiger partial charge on any atom is 0.264 e. The molecule has 0 spiro atoms. The Morgan fingerprint density at radius 3 is 2.35 bits per heavy atom. The van der Waals surface area contributed by atoms with Gasteiger partial charge in [-0.3, -0.25) is 9.10 Å². The van der Waals surface area contributed by atoms with Gasteiger partial charge < -0.3 is 24.3 Å². The molecule has 0 saturated carbocycles. The molecule has 10 heteroatoms. The Balaban J connectivity index is 1.65. The third kappa shape index (κ3) is 5.75. The summed E-state index contributed by atoms with van der Waals surface area (Å²) in [5.74, 6) is 1.46. The fourth-order valence-electron chi connectivity index (χ4n) is 3.96. The molecule has 1 aliphatic rings. The number of hydrogen-bond acceptors (Lipinski definition) is 7. The summed E-state index contributed by atoms with van der Waals surface area (Å²) in [6, 6.07) is 16.2. The molecule has 3 aromatic carbocycles. The molecule has 3 aromatic rings. The van der Waals surface area contributed by atoms with Gasteiger partial charge in [-0.15, -0.1) is 0 Å². The molecule has 4 rings (SSSR count). The van der Waals surface area contributed by atoms with Gasteiger partial charge >= 0.3 is 0 Å². The number of carbonyl (C=O) groups is 1. The van der Waals surface area contributed by atoms with E-state index >= 15 is 0 Å². The first-order valence-electron chi connectivity index (χ1n) is 11.7. The molecule has 1 atom stereocenters. The van der Waals surface area contributed by atoms with Gasteiger partial charge in [0, 0.05) is 6.07 Å². The van der Waals surface area contributed by atoms with Crippen molar-refractivity contribution in [1.82, 2.24) is 5.32 Å². The summed E-state index contributed by atoms with van der Waals surface area (Å²) in [5.41, 5.74) is 1.89. The number of sulfonamides is 1. The van der Waals surface area contributed by atoms with Crippen molar-refractivity contribution >= 4 is 21.6 Å². The summed E-state index contributed by atoms with van der Waals surface area (Å²) in [6.45, 7) is 4.14. The van der Waals surface area contributed by atoms with Gasteiger partial charge in [0.2, 0.25) is 5.91 Å². The maximum atomic E-state index is 13.8. The molecule has 0 aromatic heterocycles. The smallest absolute Gasteiger partial charge is 0.264 e. The molecule has 9 nitrogen and oxygen atoms in total. The van der Waals surface area contributed by atoms with E-state index in [-0.39, 0.29) is 16.3 Å². The standard InChI is InChI=1S/C27H30N2O7S/c1-18-5-9-22(10-6-18)37(31,32)29(23-16-21(33-3)8-12-24(23)34-4)17-27(30)28-19(2)20-7-11-25-26(15-20)36-14-13-35-25/h5-12,15-16,19H,13-14,17H2,1-4H3,(H,28,30). The Bertz CT molecular complexity index is 1370. The average Bonchev–Trinajstić information content (AvgIpc) is 2.91. The highest BCUT2D eigenvalue weighted by molar-refractivity contribution is 7.92. The van der Waals surface area contributed by atoms with E-state index in [1.807, 2.05) is 26.0 Å². The van der Waals surface area contributed by atoms with Crippen LogP contribution in [0.25, 0.3) is 0 Å². The van der Waals surface area contributed by atoms with Crippen molar-refractivity contribution in [2.45, 2.75) is 24.8 Å². The van der Waals surface area contributed by atoms with E-state index in [4.69, 9.17) is 18.9 Å². The number of fused-ring (bicyclic) bond motifs is 1. The van der Waals surface area contributed by atoms with E-state index in [1.54, 1.807) is 30.3 Å². The van der Waals surface area contributed by atoms with E-state index in [1.165, 1.54) is 32.4 Å². The zero-order chi connectivity index (χ0) is 26.6. The molecular formula is C27H30N2O7S. The van der Waals surface area contributed by atoms with Crippen molar-refractivity contribution in [3.8, 4) is 23.0 Å². The first kappa shape index (κ1) is 26.2. The number of anilines is 1. The van der Waals surface area contributed by atoms with Crippen LogP contribution in [-0.2, 0) is 14.8 Å². The van der Waals surface area contributed by atoms with Crippen molar-refractivity contribution in [3.63, 3.8) is 0 Å². The Labute approximate surface area is 217 Å². The summed E-state index contributed by atoms with van der Waals surface area (Å²) in [7, 11) is -1.22. The molecule has 1 aliphatic heterocycles. The van der Waals surface area contributed by atoms with Gasteiger partial charge in [-0.25, -0.2) is 8.42 Å². The van der Waals surface area contributed by atoms with Crippen molar-refractivity contribution in [2.75, 3.05) is 38.3 Å². The monoisotopic (exact) mass is 526 g/mol. The number of nitrogens with one attached hydrogen (secondary N) is 1. The fourth-order valence-corrected chi connectivity index (χ4v) is 5.38. The summed E-state index contributed by atoms with van der Waals surface area (Å²) in [4.78, 5) is 13.3. The number of benzene rings is 3. The molecule has 1 amide bonds. The van der Waals surface area contributed by atoms with Crippen molar-refractivity contribution in [1.29, 1.82) is 0 Å². The molecule has 0 bridgehead atoms. The number of aryl methyl sites for hydroxylation is 1. The molecule has 1 unspecified atom stereocenters. The number of amides is 1. The number of rotatable bonds is 9. The van der Waals surface area contributed by atoms with E-state index in [2.05, 4.69) is 5.32 Å². The summed E-state index contributed by atoms with van der Waals surface area (Å²) in [6.07, 6.45) is 0. The number of ether oxygens (including phenoxy) is 4. The van der Waals surface area contributed by atoms with Crippen molar-refractivity contribution in [2.24, 2.45) is 0 Å². The minimum Gasteiger partial charge on any atom is -0.497 e. The molecule has 0 aliphatic carbocycles. The van der Waals surface area contributed by atoms with Crippen molar-refractivity contribution < 1.29 is 32.2 Å². The summed E-state index contributed by atoms with van der Waals surface area (Å²) < 4.78 is 50.6. The molecule has 0 radical (unpaired) electrons. The topological polar surface area (TPSA) is 103 Å². The van der Waals surface area contributed by atoms with Crippen LogP contribution in [0.4, 0.5) is 5.69 Å². The predicted octanol–water partition coefficient (Wildman–Crippen LogP) is 3.86. The van der Waals surface area contributed by atoms with Crippen LogP contribution < -0.4 is 28.6 Å². The highest BCUT2D eigenvalue weighted by Crippen LogP contribution is 2.36. The third-order valence-electron chi connectivity index (χ3n) is 5.99. The summed E-state index contributed by atoms with van der Waals surface area (Å²) >= 11 is 0. The van der Waals surface area contributed by atoms with E-state index < -0.39 is 28.5 Å². The third-order valence-corrected chi connectivity index (χ3v) is 7.77. The molecule has 1 heterocycles. The molecule has 0 saturated heterocycles. The van der Waals surface area contributed by atoms with Crippen LogP contribution in [0.5, 0.6) is 23.0 Å². The second-order valence-electron chi connectivity index (χ2n) is 8.55. The lowest BCUT2D eigenvalue weighted by molar-refractivity contribution is -0.120. The van der Waals surface area contributed by atoms with Crippen LogP contribution in [-0.4, -0.2) is 48.3 Å². The Morgan fingerprint density at radius 2 is 1.68 bits per heavy atom. The van der Waals surface area contributed by atoms with Crippen LogP contribution in [0.1, 0.15) is 24.1 Å². The molecule has 0 fully saturated rings. The molecule has 1 N–H and O–H groups in total. The predicted molar refractivity (Wildman–Crippen MR) is 139 cm³/mol. The Kier molecular flexibility index (Phi) is 7.77. The second kappa shape index (κ2) is 11.0. The van der Waals surface area contributed by atoms with Gasteiger partial charge in [0.25, 0.3) is 10.0 Å². The van der Waals surface area contributed by atoms with Gasteiger partial charge in [0.1, 0.15) is 31.3 Å². The van der Waals surface area contributed by atoms with Gasteiger partial charge in [-0.2, -0.15) is 0 Å². The number of nitrogens with zero attached hydrogens (tertiary/aromatic N) is 1. The largest absolute Gasteiger partial charge is 0.497 e. The Morgan fingerprint density at radius 1 is 0.973 bits per heavy atom. The summed E-state index contributed by atoms with van der Waals surface area (Å²) in [5, 5.41) is 2.89. The van der Waals surface area contributed by atoms with Gasteiger partial charge in [-0.05, 0) is 55.8 Å². The highest BCUT2D eigenvalue weighted by Gasteiger charge is 2.30. The minimum atomic E-state index is -4.14. The number of methoxy groups -OCH3 is 2. The van der Waals surface area contributed by atoms with Crippen molar-refractivity contribution in [3.05, 3.63) is 71.8 Å². The van der Waals surface area contributed by atoms with Gasteiger partial charge in [0.05, 0.1) is 30.8 Å². The quantitative estimate of drug-likeness (QED) is 0.452. The number of carbonyl (C=O) groups excluding carboxylic acids is 1. The normalized spacial score (nSPS) is 13.4. The van der Waals surface area contributed by atoms with E-state index in [0.29, 0.717) is 30.5 Å². The van der Waals surface area contributed by atoms with Gasteiger partial charge in [0.15, 0.2) is 11.5 Å². The lowest BCUT2D eigenvalue weighted by Crippen LogP contribution is -2.41. The van der Waals surface area contributed by atoms with Crippen LogP contribution in [0.2, 0.25) is 0 Å². The van der Waals surface area contributed by atoms with Gasteiger partial charge in [-0.1, -0.05) is 23.8 Å². The SMILES string of the molecule is COc1ccc(OC)c(N(CC(=O)NC(C)c2ccc3c(c2)OCCO3)S(=O)(=O)c2ccc(C)cc2)c1. The lowest BCUT2D eigenvalue weighted by atomic mass is 10.1. The van der Waals surface area contributed by atoms with Crippen LogP contribution >= 0.6 is 0 Å². The Hall–Kier alpha value is -3.92. The fraction of sp³-hybridized carbons (Fsp3) is 0.296. The first-order chi connectivity index (χ1) is 17.7. The maximum absolute atomic E-state index is 13.8. The zero-order valence-electron chi connectivity index (χ0n) is 21.2. The highest BCUT2D eigenvalue weighted by atomic mass is 32.2. The zero-order valence-corrected chi connectivity index (χ0v) is 22.0. The number of hydrogen-bond donors (Lipinski definition) is 1. The lowest BCUT2D eigenvalue weighted by Gasteiger charge is -2.27. The van der Waals surface area contributed by atoms with E-state index in [9.17, 15) is 13.2 Å². The molecule has 196 valence electrons. The van der Waals surface area contributed by atoms with E-state index in [0.717, 1.165) is 15.4 Å². The van der Waals surface area contributed by atoms with Crippen LogP contribution in [0.15, 0.2) is 65.6 Å². The average molecular weight is 527 g/mol. The second-order valence-corrected chi connectivity index (χ2v) is 10.4. The minimum absolute atomic E-state index is 0.0515. The van der Waals surface area contributed by atoms with Crippen LogP contribution in [0.3, 0.4) is 0 Å². The molecular weight excluding hydrogens is 496 g/mol. The van der Waals surface area contributed by atoms with Crippen LogP contribution in [0, 0.1) is 6.92 Å². The first-order valence-corrected chi connectivity index (χ1v) is 13.2.